The van der Waals surface area contributed by atoms with Crippen LogP contribution in [0.5, 0.6) is 0 Å². The topological polar surface area (TPSA) is 0 Å². The van der Waals surface area contributed by atoms with Crippen molar-refractivity contribution < 1.29 is 4.48 Å². The van der Waals surface area contributed by atoms with Crippen LogP contribution in [-0.2, 0) is 12.8 Å². The van der Waals surface area contributed by atoms with E-state index in [4.69, 9.17) is 0 Å². The molecule has 1 heteroatoms. The second kappa shape index (κ2) is 8.88. The maximum Gasteiger partial charge on any atom is 0.0894 e. The van der Waals surface area contributed by atoms with Crippen molar-refractivity contribution in [2.24, 2.45) is 0 Å². The molecule has 0 amide bonds. The van der Waals surface area contributed by atoms with E-state index in [9.17, 15) is 0 Å². The van der Waals surface area contributed by atoms with E-state index in [1.165, 1.54) is 54.4 Å². The standard InChI is InChI=1S/C22H32N/c1-4-23(3,5-2)22(18-16-20-12-8-6-9-13-20)19-17-21-14-10-7-11-15-21/h6-15,22H,4-5,16-19H2,1-3H3/q+1. The van der Waals surface area contributed by atoms with Gasteiger partial charge in [0.25, 0.3) is 0 Å². The van der Waals surface area contributed by atoms with Gasteiger partial charge in [0.15, 0.2) is 0 Å². The smallest absolute Gasteiger partial charge is 0.0894 e. The van der Waals surface area contributed by atoms with Gasteiger partial charge in [0.1, 0.15) is 0 Å². The van der Waals surface area contributed by atoms with Gasteiger partial charge < -0.3 is 4.48 Å². The van der Waals surface area contributed by atoms with E-state index >= 15 is 0 Å². The minimum absolute atomic E-state index is 0.727. The Bertz CT molecular complexity index is 499. The molecule has 0 fully saturated rings. The SMILES string of the molecule is CC[N+](C)(CC)C(CCc1ccccc1)CCc1ccccc1. The van der Waals surface area contributed by atoms with Crippen LogP contribution >= 0.6 is 0 Å². The first-order chi connectivity index (χ1) is 11.2. The number of nitrogens with zero attached hydrogens (tertiary/aromatic N) is 1. The highest BCUT2D eigenvalue weighted by Crippen LogP contribution is 2.21. The van der Waals surface area contributed by atoms with Crippen molar-refractivity contribution in [1.29, 1.82) is 0 Å². The molecule has 0 aromatic heterocycles. The Balaban J connectivity index is 2.02. The highest BCUT2D eigenvalue weighted by Gasteiger charge is 2.28. The van der Waals surface area contributed by atoms with Crippen LogP contribution in [0.4, 0.5) is 0 Å². The van der Waals surface area contributed by atoms with Gasteiger partial charge in [-0.2, -0.15) is 0 Å². The third-order valence-electron chi connectivity index (χ3n) is 5.54. The highest BCUT2D eigenvalue weighted by atomic mass is 15.3. The van der Waals surface area contributed by atoms with Crippen LogP contribution < -0.4 is 0 Å². The van der Waals surface area contributed by atoms with Gasteiger partial charge in [-0.15, -0.1) is 0 Å². The van der Waals surface area contributed by atoms with E-state index in [0.717, 1.165) is 6.04 Å². The number of quaternary nitrogens is 1. The molecule has 0 saturated carbocycles. The molecule has 2 aromatic carbocycles. The Labute approximate surface area is 142 Å². The fraction of sp³-hybridized carbons (Fsp3) is 0.455. The predicted octanol–water partition coefficient (Wildman–Crippen LogP) is 5.11. The summed E-state index contributed by atoms with van der Waals surface area (Å²) in [6, 6.07) is 22.6. The molecule has 2 aromatic rings. The van der Waals surface area contributed by atoms with Crippen LogP contribution in [0.3, 0.4) is 0 Å². The van der Waals surface area contributed by atoms with Crippen LogP contribution in [0.25, 0.3) is 0 Å². The van der Waals surface area contributed by atoms with E-state index in [-0.39, 0.29) is 0 Å². The second-order valence-electron chi connectivity index (χ2n) is 6.81. The number of benzene rings is 2. The van der Waals surface area contributed by atoms with Crippen molar-refractivity contribution in [1.82, 2.24) is 0 Å². The van der Waals surface area contributed by atoms with Crippen molar-refractivity contribution in [3.05, 3.63) is 71.8 Å². The van der Waals surface area contributed by atoms with Crippen molar-refractivity contribution in [2.75, 3.05) is 20.1 Å². The van der Waals surface area contributed by atoms with Gasteiger partial charge in [-0.05, 0) is 37.8 Å². The molecule has 2 rings (SSSR count). The molecule has 0 bridgehead atoms. The molecule has 23 heavy (non-hydrogen) atoms. The molecule has 0 spiro atoms. The molecule has 0 radical (unpaired) electrons. The second-order valence-corrected chi connectivity index (χ2v) is 6.81. The number of aryl methyl sites for hydroxylation is 2. The first-order valence-electron chi connectivity index (χ1n) is 9.10. The van der Waals surface area contributed by atoms with Gasteiger partial charge >= 0.3 is 0 Å². The molecular weight excluding hydrogens is 278 g/mol. The lowest BCUT2D eigenvalue weighted by atomic mass is 9.96. The van der Waals surface area contributed by atoms with Crippen molar-refractivity contribution >= 4 is 0 Å². The maximum absolute atomic E-state index is 2.43. The molecule has 0 unspecified atom stereocenters. The molecule has 124 valence electrons. The van der Waals surface area contributed by atoms with Crippen LogP contribution in [0.15, 0.2) is 60.7 Å². The lowest BCUT2D eigenvalue weighted by molar-refractivity contribution is -0.931. The van der Waals surface area contributed by atoms with Gasteiger partial charge in [-0.1, -0.05) is 60.7 Å². The minimum atomic E-state index is 0.727. The molecule has 0 aliphatic rings. The fourth-order valence-electron chi connectivity index (χ4n) is 3.46. The zero-order valence-electron chi connectivity index (χ0n) is 15.0. The summed E-state index contributed by atoms with van der Waals surface area (Å²) in [7, 11) is 2.43. The van der Waals surface area contributed by atoms with Gasteiger partial charge in [0, 0.05) is 12.8 Å². The first-order valence-corrected chi connectivity index (χ1v) is 9.10. The van der Waals surface area contributed by atoms with E-state index in [1.54, 1.807) is 0 Å². The lowest BCUT2D eigenvalue weighted by Gasteiger charge is -2.40. The molecule has 0 aliphatic carbocycles. The normalized spacial score (nSPS) is 11.8. The number of hydrogen-bond acceptors (Lipinski definition) is 0. The Kier molecular flexibility index (Phi) is 6.85. The number of rotatable bonds is 9. The van der Waals surface area contributed by atoms with Crippen LogP contribution in [0.2, 0.25) is 0 Å². The zero-order chi connectivity index (χ0) is 16.5. The Morgan fingerprint density at radius 2 is 1.09 bits per heavy atom. The molecular formula is C22H32N+. The van der Waals surface area contributed by atoms with Gasteiger partial charge in [0.05, 0.1) is 26.2 Å². The average Bonchev–Trinajstić information content (AvgIpc) is 2.63. The summed E-state index contributed by atoms with van der Waals surface area (Å²) in [6.07, 6.45) is 4.92. The quantitative estimate of drug-likeness (QED) is 0.565. The van der Waals surface area contributed by atoms with E-state index in [2.05, 4.69) is 81.6 Å². The Morgan fingerprint density at radius 1 is 0.696 bits per heavy atom. The van der Waals surface area contributed by atoms with Crippen molar-refractivity contribution in [3.63, 3.8) is 0 Å². The largest absolute Gasteiger partial charge is 0.324 e. The molecule has 0 aliphatic heterocycles. The van der Waals surface area contributed by atoms with Crippen LogP contribution in [0.1, 0.15) is 37.8 Å². The molecule has 0 heterocycles. The first kappa shape index (κ1) is 17.7. The Hall–Kier alpha value is -1.60. The van der Waals surface area contributed by atoms with Crippen molar-refractivity contribution in [3.8, 4) is 0 Å². The summed E-state index contributed by atoms with van der Waals surface area (Å²) in [6.45, 7) is 7.10. The van der Waals surface area contributed by atoms with Crippen molar-refractivity contribution in [2.45, 2.75) is 45.6 Å². The summed E-state index contributed by atoms with van der Waals surface area (Å²) >= 11 is 0. The minimum Gasteiger partial charge on any atom is -0.324 e. The van der Waals surface area contributed by atoms with Crippen LogP contribution in [0, 0.1) is 0 Å². The summed E-state index contributed by atoms with van der Waals surface area (Å²) < 4.78 is 1.18. The third-order valence-corrected chi connectivity index (χ3v) is 5.54. The Morgan fingerprint density at radius 3 is 1.43 bits per heavy atom. The van der Waals surface area contributed by atoms with E-state index in [0.29, 0.717) is 0 Å². The zero-order valence-corrected chi connectivity index (χ0v) is 15.0. The molecule has 0 atom stereocenters. The van der Waals surface area contributed by atoms with E-state index in [1.807, 2.05) is 0 Å². The highest BCUT2D eigenvalue weighted by molar-refractivity contribution is 5.16. The van der Waals surface area contributed by atoms with Crippen LogP contribution in [-0.4, -0.2) is 30.7 Å². The summed E-state index contributed by atoms with van der Waals surface area (Å²) in [5, 5.41) is 0. The predicted molar refractivity (Wildman–Crippen MR) is 101 cm³/mol. The van der Waals surface area contributed by atoms with Gasteiger partial charge in [0.2, 0.25) is 0 Å². The van der Waals surface area contributed by atoms with E-state index < -0.39 is 0 Å². The molecule has 0 saturated heterocycles. The fourth-order valence-corrected chi connectivity index (χ4v) is 3.46. The lowest BCUT2D eigenvalue weighted by Crippen LogP contribution is -2.52. The monoisotopic (exact) mass is 310 g/mol. The summed E-state index contributed by atoms with van der Waals surface area (Å²) in [5.74, 6) is 0. The molecule has 1 nitrogen and oxygen atoms in total. The summed E-state index contributed by atoms with van der Waals surface area (Å²) in [4.78, 5) is 0. The molecule has 0 N–H and O–H groups in total. The average molecular weight is 311 g/mol. The maximum atomic E-state index is 2.43. The number of hydrogen-bond donors (Lipinski definition) is 0. The van der Waals surface area contributed by atoms with Gasteiger partial charge in [-0.3, -0.25) is 0 Å². The van der Waals surface area contributed by atoms with Gasteiger partial charge in [-0.25, -0.2) is 0 Å². The third kappa shape index (κ3) is 5.21. The summed E-state index contributed by atoms with van der Waals surface area (Å²) in [5.41, 5.74) is 2.94.